The fourth-order valence-electron chi connectivity index (χ4n) is 3.36. The van der Waals surface area contributed by atoms with Crippen molar-refractivity contribution in [2.45, 2.75) is 18.9 Å². The fraction of sp³-hybridized carbons (Fsp3) is 0.333. The molecule has 0 saturated carbocycles. The molecular weight excluding hydrogens is 402 g/mol. The summed E-state index contributed by atoms with van der Waals surface area (Å²) >= 11 is 0. The van der Waals surface area contributed by atoms with E-state index in [2.05, 4.69) is 20.5 Å². The van der Waals surface area contributed by atoms with Crippen LogP contribution in [0, 0.1) is 17.2 Å². The molecule has 2 aromatic rings. The van der Waals surface area contributed by atoms with Crippen LogP contribution in [-0.2, 0) is 21.4 Å². The standard InChI is InChI=1S/C21H21N5O5/c1-26-21(30)16(9-17(25-26)13-5-3-12(10-22)4-6-13)20(29)23-11-15-7-14(19(28)24-15)8-18(27)31-2/h3-6,9,14-15H,7-8,11H2,1-2H3,(H,23,29)(H,24,28)/t14-,15-/m0/s1. The van der Waals surface area contributed by atoms with E-state index in [4.69, 9.17) is 5.26 Å². The predicted octanol–water partition coefficient (Wildman–Crippen LogP) is 0.117. The maximum absolute atomic E-state index is 12.7. The van der Waals surface area contributed by atoms with Crippen LogP contribution in [0.15, 0.2) is 35.1 Å². The quantitative estimate of drug-likeness (QED) is 0.628. The van der Waals surface area contributed by atoms with Gasteiger partial charge in [-0.05, 0) is 24.6 Å². The Hall–Kier alpha value is -4.00. The smallest absolute Gasteiger partial charge is 0.306 e. The van der Waals surface area contributed by atoms with Gasteiger partial charge in [0, 0.05) is 25.2 Å². The highest BCUT2D eigenvalue weighted by atomic mass is 16.5. The Kier molecular flexibility index (Phi) is 6.45. The zero-order valence-electron chi connectivity index (χ0n) is 17.0. The molecule has 2 heterocycles. The lowest BCUT2D eigenvalue weighted by molar-refractivity contribution is -0.143. The Morgan fingerprint density at radius 2 is 2.03 bits per heavy atom. The average molecular weight is 423 g/mol. The maximum atomic E-state index is 12.7. The number of carbonyl (C=O) groups excluding carboxylic acids is 3. The van der Waals surface area contributed by atoms with E-state index in [1.54, 1.807) is 24.3 Å². The molecule has 0 aliphatic carbocycles. The van der Waals surface area contributed by atoms with E-state index in [9.17, 15) is 19.2 Å². The Morgan fingerprint density at radius 1 is 1.32 bits per heavy atom. The number of ether oxygens (including phenoxy) is 1. The van der Waals surface area contributed by atoms with Crippen LogP contribution in [0.4, 0.5) is 0 Å². The van der Waals surface area contributed by atoms with Gasteiger partial charge in [-0.1, -0.05) is 12.1 Å². The summed E-state index contributed by atoms with van der Waals surface area (Å²) in [5, 5.41) is 18.5. The zero-order chi connectivity index (χ0) is 22.5. The molecule has 0 spiro atoms. The summed E-state index contributed by atoms with van der Waals surface area (Å²) in [6.45, 7) is 0.111. The first kappa shape index (κ1) is 21.7. The number of amides is 2. The zero-order valence-corrected chi connectivity index (χ0v) is 17.0. The molecule has 3 rings (SSSR count). The van der Waals surface area contributed by atoms with E-state index in [1.165, 1.54) is 20.2 Å². The van der Waals surface area contributed by atoms with Gasteiger partial charge < -0.3 is 15.4 Å². The van der Waals surface area contributed by atoms with Crippen molar-refractivity contribution in [2.75, 3.05) is 13.7 Å². The lowest BCUT2D eigenvalue weighted by Gasteiger charge is -2.12. The molecule has 1 fully saturated rings. The molecule has 10 nitrogen and oxygen atoms in total. The minimum atomic E-state index is -0.594. The van der Waals surface area contributed by atoms with Crippen molar-refractivity contribution in [2.24, 2.45) is 13.0 Å². The molecule has 2 amide bonds. The van der Waals surface area contributed by atoms with Crippen molar-refractivity contribution in [3.05, 3.63) is 51.8 Å². The highest BCUT2D eigenvalue weighted by molar-refractivity contribution is 5.95. The van der Waals surface area contributed by atoms with Crippen LogP contribution in [0.2, 0.25) is 0 Å². The third kappa shape index (κ3) is 4.95. The van der Waals surface area contributed by atoms with Crippen molar-refractivity contribution in [1.82, 2.24) is 20.4 Å². The second-order valence-electron chi connectivity index (χ2n) is 7.19. The highest BCUT2D eigenvalue weighted by Crippen LogP contribution is 2.20. The van der Waals surface area contributed by atoms with E-state index >= 15 is 0 Å². The highest BCUT2D eigenvalue weighted by Gasteiger charge is 2.34. The van der Waals surface area contributed by atoms with Gasteiger partial charge in [0.2, 0.25) is 5.91 Å². The monoisotopic (exact) mass is 423 g/mol. The third-order valence-electron chi connectivity index (χ3n) is 5.05. The molecule has 2 atom stereocenters. The summed E-state index contributed by atoms with van der Waals surface area (Å²) in [4.78, 5) is 48.5. The van der Waals surface area contributed by atoms with Crippen LogP contribution >= 0.6 is 0 Å². The van der Waals surface area contributed by atoms with E-state index < -0.39 is 23.4 Å². The second-order valence-corrected chi connectivity index (χ2v) is 7.19. The van der Waals surface area contributed by atoms with Gasteiger partial charge in [0.05, 0.1) is 36.8 Å². The van der Waals surface area contributed by atoms with Gasteiger partial charge in [0.25, 0.3) is 11.5 Å². The number of aromatic nitrogens is 2. The number of aryl methyl sites for hydroxylation is 1. The number of esters is 1. The van der Waals surface area contributed by atoms with Crippen molar-refractivity contribution >= 4 is 17.8 Å². The molecule has 0 bridgehead atoms. The Morgan fingerprint density at radius 3 is 2.68 bits per heavy atom. The van der Waals surface area contributed by atoms with Gasteiger partial charge in [0.15, 0.2) is 0 Å². The third-order valence-corrected chi connectivity index (χ3v) is 5.05. The molecule has 0 unspecified atom stereocenters. The molecule has 160 valence electrons. The van der Waals surface area contributed by atoms with E-state index in [-0.39, 0.29) is 30.5 Å². The first-order chi connectivity index (χ1) is 14.8. The molecular formula is C21H21N5O5. The average Bonchev–Trinajstić information content (AvgIpc) is 3.12. The van der Waals surface area contributed by atoms with Crippen molar-refractivity contribution in [3.63, 3.8) is 0 Å². The normalized spacial score (nSPS) is 17.5. The van der Waals surface area contributed by atoms with Crippen LogP contribution in [-0.4, -0.2) is 47.3 Å². The van der Waals surface area contributed by atoms with Gasteiger partial charge in [-0.25, -0.2) is 4.68 Å². The maximum Gasteiger partial charge on any atom is 0.306 e. The van der Waals surface area contributed by atoms with Gasteiger partial charge in [-0.3, -0.25) is 19.2 Å². The van der Waals surface area contributed by atoms with Crippen LogP contribution in [0.25, 0.3) is 11.3 Å². The Bertz CT molecular complexity index is 1120. The SMILES string of the molecule is COC(=O)C[C@@H]1C[C@@H](CNC(=O)c2cc(-c3ccc(C#N)cc3)nn(C)c2=O)NC1=O. The summed E-state index contributed by atoms with van der Waals surface area (Å²) < 4.78 is 5.66. The van der Waals surface area contributed by atoms with Crippen LogP contribution < -0.4 is 16.2 Å². The predicted molar refractivity (Wildman–Crippen MR) is 109 cm³/mol. The minimum absolute atomic E-state index is 0.0222. The molecule has 31 heavy (non-hydrogen) atoms. The van der Waals surface area contributed by atoms with E-state index in [0.29, 0.717) is 23.2 Å². The minimum Gasteiger partial charge on any atom is -0.469 e. The molecule has 1 aromatic heterocycles. The first-order valence-corrected chi connectivity index (χ1v) is 9.56. The van der Waals surface area contributed by atoms with Gasteiger partial charge in [0.1, 0.15) is 5.56 Å². The van der Waals surface area contributed by atoms with Crippen LogP contribution in [0.5, 0.6) is 0 Å². The number of nitrogens with zero attached hydrogens (tertiary/aromatic N) is 3. The number of hydrogen-bond acceptors (Lipinski definition) is 7. The Balaban J connectivity index is 1.71. The van der Waals surface area contributed by atoms with Crippen LogP contribution in [0.1, 0.15) is 28.8 Å². The Labute approximate surface area is 177 Å². The van der Waals surface area contributed by atoms with E-state index in [0.717, 1.165) is 4.68 Å². The first-order valence-electron chi connectivity index (χ1n) is 9.56. The lowest BCUT2D eigenvalue weighted by Crippen LogP contribution is -2.40. The molecule has 1 aliphatic heterocycles. The van der Waals surface area contributed by atoms with E-state index in [1.807, 2.05) is 6.07 Å². The molecule has 1 saturated heterocycles. The number of methoxy groups -OCH3 is 1. The second kappa shape index (κ2) is 9.21. The number of rotatable bonds is 6. The molecule has 1 aromatic carbocycles. The van der Waals surface area contributed by atoms with Crippen LogP contribution in [0.3, 0.4) is 0 Å². The number of nitrogens with one attached hydrogen (secondary N) is 2. The van der Waals surface area contributed by atoms with Crippen molar-refractivity contribution in [3.8, 4) is 17.3 Å². The van der Waals surface area contributed by atoms with Gasteiger partial charge in [-0.15, -0.1) is 0 Å². The summed E-state index contributed by atoms with van der Waals surface area (Å²) in [7, 11) is 2.70. The summed E-state index contributed by atoms with van der Waals surface area (Å²) in [6.07, 6.45) is 0.352. The molecule has 2 N–H and O–H groups in total. The molecule has 0 radical (unpaired) electrons. The largest absolute Gasteiger partial charge is 0.469 e. The summed E-state index contributed by atoms with van der Waals surface area (Å²) in [6, 6.07) is 9.67. The fourth-order valence-corrected chi connectivity index (χ4v) is 3.36. The molecule has 1 aliphatic rings. The van der Waals surface area contributed by atoms with Crippen molar-refractivity contribution < 1.29 is 19.1 Å². The number of benzene rings is 1. The number of hydrogen-bond donors (Lipinski definition) is 2. The lowest BCUT2D eigenvalue weighted by atomic mass is 10.0. The number of nitriles is 1. The van der Waals surface area contributed by atoms with Gasteiger partial charge >= 0.3 is 5.97 Å². The van der Waals surface area contributed by atoms with Gasteiger partial charge in [-0.2, -0.15) is 10.4 Å². The van der Waals surface area contributed by atoms with Crippen molar-refractivity contribution in [1.29, 1.82) is 5.26 Å². The summed E-state index contributed by atoms with van der Waals surface area (Å²) in [5.74, 6) is -1.84. The number of carbonyl (C=O) groups is 3. The topological polar surface area (TPSA) is 143 Å². The molecule has 10 heteroatoms. The summed E-state index contributed by atoms with van der Waals surface area (Å²) in [5.41, 5.74) is 0.887.